The molecule has 4 nitrogen and oxygen atoms in total. The number of hydrogen-bond donors (Lipinski definition) is 2. The van der Waals surface area contributed by atoms with E-state index in [1.807, 2.05) is 31.2 Å². The summed E-state index contributed by atoms with van der Waals surface area (Å²) in [6.45, 7) is 4.69. The number of amides is 1. The second-order valence-electron chi connectivity index (χ2n) is 6.37. The van der Waals surface area contributed by atoms with Crippen LogP contribution >= 0.6 is 0 Å². The molecule has 0 aliphatic rings. The van der Waals surface area contributed by atoms with Gasteiger partial charge in [-0.15, -0.1) is 0 Å². The molecule has 25 heavy (non-hydrogen) atoms. The van der Waals surface area contributed by atoms with Gasteiger partial charge in [-0.2, -0.15) is 0 Å². The third-order valence-electron chi connectivity index (χ3n) is 4.52. The molecule has 0 aliphatic heterocycles. The Hall–Kier alpha value is -2.75. The third-order valence-corrected chi connectivity index (χ3v) is 4.52. The van der Waals surface area contributed by atoms with Crippen LogP contribution in [0.4, 0.5) is 0 Å². The average molecular weight is 336 g/mol. The van der Waals surface area contributed by atoms with E-state index in [0.717, 1.165) is 39.9 Å². The number of aromatic amines is 1. The zero-order valence-corrected chi connectivity index (χ0v) is 15.0. The Balaban J connectivity index is 1.63. The van der Waals surface area contributed by atoms with Crippen LogP contribution in [0.1, 0.15) is 22.4 Å². The van der Waals surface area contributed by atoms with Gasteiger partial charge in [0.1, 0.15) is 5.75 Å². The Labute approximate surface area is 148 Å². The predicted octanol–water partition coefficient (Wildman–Crippen LogP) is 3.69. The zero-order valence-electron chi connectivity index (χ0n) is 15.0. The quantitative estimate of drug-likeness (QED) is 0.721. The third kappa shape index (κ3) is 3.85. The molecule has 2 N–H and O–H groups in total. The first-order valence-electron chi connectivity index (χ1n) is 8.55. The van der Waals surface area contributed by atoms with Crippen molar-refractivity contribution >= 4 is 16.8 Å². The minimum absolute atomic E-state index is 0.0420. The monoisotopic (exact) mass is 336 g/mol. The highest BCUT2D eigenvalue weighted by atomic mass is 16.5. The summed E-state index contributed by atoms with van der Waals surface area (Å²) in [5.74, 6) is 0.903. The number of hydrogen-bond acceptors (Lipinski definition) is 2. The summed E-state index contributed by atoms with van der Waals surface area (Å²) in [6, 6.07) is 14.2. The molecular formula is C21H24N2O2. The summed E-state index contributed by atoms with van der Waals surface area (Å²) < 4.78 is 5.35. The summed E-state index contributed by atoms with van der Waals surface area (Å²) in [5, 5.41) is 4.16. The van der Waals surface area contributed by atoms with Crippen molar-refractivity contribution in [1.82, 2.24) is 10.3 Å². The fraction of sp³-hybridized carbons (Fsp3) is 0.286. The highest BCUT2D eigenvalue weighted by Crippen LogP contribution is 2.23. The maximum Gasteiger partial charge on any atom is 0.224 e. The molecule has 3 aromatic rings. The maximum atomic E-state index is 12.4. The highest BCUT2D eigenvalue weighted by molar-refractivity contribution is 5.90. The van der Waals surface area contributed by atoms with Crippen molar-refractivity contribution in [1.29, 1.82) is 0 Å². The van der Waals surface area contributed by atoms with Crippen molar-refractivity contribution in [3.05, 3.63) is 64.8 Å². The molecule has 0 unspecified atom stereocenters. The second kappa shape index (κ2) is 7.43. The zero-order chi connectivity index (χ0) is 17.8. The minimum atomic E-state index is 0.0420. The average Bonchev–Trinajstić information content (AvgIpc) is 2.90. The van der Waals surface area contributed by atoms with E-state index in [1.54, 1.807) is 7.11 Å². The number of H-pyrrole nitrogens is 1. The number of rotatable bonds is 6. The number of fused-ring (bicyclic) bond motifs is 1. The minimum Gasteiger partial charge on any atom is -0.496 e. The molecule has 0 saturated carbocycles. The Bertz CT molecular complexity index is 896. The lowest BCUT2D eigenvalue weighted by Gasteiger charge is -2.09. The molecule has 0 bridgehead atoms. The number of nitrogens with one attached hydrogen (secondary N) is 2. The van der Waals surface area contributed by atoms with Crippen LogP contribution in [0.3, 0.4) is 0 Å². The Kier molecular flexibility index (Phi) is 5.08. The first kappa shape index (κ1) is 17.1. The first-order chi connectivity index (χ1) is 12.1. The van der Waals surface area contributed by atoms with E-state index in [9.17, 15) is 4.79 Å². The molecule has 0 radical (unpaired) electrons. The fourth-order valence-electron chi connectivity index (χ4n) is 3.19. The molecule has 1 heterocycles. The van der Waals surface area contributed by atoms with Crippen LogP contribution in [-0.2, 0) is 17.6 Å². The van der Waals surface area contributed by atoms with Gasteiger partial charge < -0.3 is 15.0 Å². The second-order valence-corrected chi connectivity index (χ2v) is 6.37. The molecule has 4 heteroatoms. The van der Waals surface area contributed by atoms with Gasteiger partial charge in [0.05, 0.1) is 13.5 Å². The molecule has 3 rings (SSSR count). The molecule has 0 aliphatic carbocycles. The molecule has 0 fully saturated rings. The number of methoxy groups -OCH3 is 1. The lowest BCUT2D eigenvalue weighted by molar-refractivity contribution is -0.120. The van der Waals surface area contributed by atoms with Gasteiger partial charge in [0.15, 0.2) is 0 Å². The van der Waals surface area contributed by atoms with Gasteiger partial charge in [0.2, 0.25) is 5.91 Å². The van der Waals surface area contributed by atoms with E-state index in [0.29, 0.717) is 13.0 Å². The Morgan fingerprint density at radius 3 is 2.76 bits per heavy atom. The van der Waals surface area contributed by atoms with E-state index in [-0.39, 0.29) is 5.91 Å². The van der Waals surface area contributed by atoms with Crippen LogP contribution in [0.25, 0.3) is 10.9 Å². The van der Waals surface area contributed by atoms with Crippen molar-refractivity contribution in [2.45, 2.75) is 26.7 Å². The molecule has 130 valence electrons. The molecule has 0 saturated heterocycles. The van der Waals surface area contributed by atoms with Crippen molar-refractivity contribution in [2.75, 3.05) is 13.7 Å². The van der Waals surface area contributed by atoms with Gasteiger partial charge in [0.25, 0.3) is 0 Å². The summed E-state index contributed by atoms with van der Waals surface area (Å²) in [6.07, 6.45) is 1.14. The number of benzene rings is 2. The van der Waals surface area contributed by atoms with E-state index in [1.165, 1.54) is 5.56 Å². The van der Waals surface area contributed by atoms with E-state index < -0.39 is 0 Å². The van der Waals surface area contributed by atoms with Crippen LogP contribution in [0, 0.1) is 13.8 Å². The largest absolute Gasteiger partial charge is 0.496 e. The van der Waals surface area contributed by atoms with Gasteiger partial charge in [-0.1, -0.05) is 29.8 Å². The summed E-state index contributed by atoms with van der Waals surface area (Å²) in [7, 11) is 1.67. The van der Waals surface area contributed by atoms with Crippen LogP contribution in [0.5, 0.6) is 5.75 Å². The molecule has 1 amide bonds. The van der Waals surface area contributed by atoms with Crippen LogP contribution in [0.2, 0.25) is 0 Å². The van der Waals surface area contributed by atoms with Crippen LogP contribution in [0.15, 0.2) is 42.5 Å². The number of aryl methyl sites for hydroxylation is 2. The van der Waals surface area contributed by atoms with Crippen molar-refractivity contribution in [3.63, 3.8) is 0 Å². The topological polar surface area (TPSA) is 54.1 Å². The number of carbonyl (C=O) groups is 1. The van der Waals surface area contributed by atoms with Crippen LogP contribution in [-0.4, -0.2) is 24.5 Å². The van der Waals surface area contributed by atoms with E-state index in [2.05, 4.69) is 35.4 Å². The van der Waals surface area contributed by atoms with Crippen molar-refractivity contribution in [3.8, 4) is 5.75 Å². The van der Waals surface area contributed by atoms with E-state index in [4.69, 9.17) is 4.74 Å². The lowest BCUT2D eigenvalue weighted by atomic mass is 10.1. The number of aromatic nitrogens is 1. The van der Waals surface area contributed by atoms with Gasteiger partial charge in [-0.05, 0) is 49.6 Å². The molecule has 0 spiro atoms. The number of para-hydroxylation sites is 1. The van der Waals surface area contributed by atoms with Crippen LogP contribution < -0.4 is 10.1 Å². The standard InChI is InChI=1S/C21H24N2O2/c1-14-8-9-19-18(12-14)17(15(2)23-19)13-21(24)22-11-10-16-6-4-5-7-20(16)25-3/h4-9,12,23H,10-11,13H2,1-3H3,(H,22,24). The Morgan fingerprint density at radius 2 is 1.96 bits per heavy atom. The first-order valence-corrected chi connectivity index (χ1v) is 8.55. The van der Waals surface area contributed by atoms with E-state index >= 15 is 0 Å². The van der Waals surface area contributed by atoms with Gasteiger partial charge >= 0.3 is 0 Å². The lowest BCUT2D eigenvalue weighted by Crippen LogP contribution is -2.27. The van der Waals surface area contributed by atoms with Crippen molar-refractivity contribution in [2.24, 2.45) is 0 Å². The van der Waals surface area contributed by atoms with Gasteiger partial charge in [-0.25, -0.2) is 0 Å². The smallest absolute Gasteiger partial charge is 0.224 e. The molecule has 0 atom stereocenters. The van der Waals surface area contributed by atoms with Crippen molar-refractivity contribution < 1.29 is 9.53 Å². The van der Waals surface area contributed by atoms with Gasteiger partial charge in [0, 0.05) is 23.1 Å². The van der Waals surface area contributed by atoms with Gasteiger partial charge in [-0.3, -0.25) is 4.79 Å². The summed E-state index contributed by atoms with van der Waals surface area (Å²) in [5.41, 5.74) is 5.52. The predicted molar refractivity (Wildman–Crippen MR) is 101 cm³/mol. The fourth-order valence-corrected chi connectivity index (χ4v) is 3.19. The molecule has 1 aromatic heterocycles. The molecular weight excluding hydrogens is 312 g/mol. The summed E-state index contributed by atoms with van der Waals surface area (Å²) in [4.78, 5) is 15.7. The number of ether oxygens (including phenoxy) is 1. The SMILES string of the molecule is COc1ccccc1CCNC(=O)Cc1c(C)[nH]c2ccc(C)cc12. The Morgan fingerprint density at radius 1 is 1.16 bits per heavy atom. The highest BCUT2D eigenvalue weighted by Gasteiger charge is 2.12. The maximum absolute atomic E-state index is 12.4. The summed E-state index contributed by atoms with van der Waals surface area (Å²) >= 11 is 0. The molecule has 2 aromatic carbocycles. The number of carbonyl (C=O) groups excluding carboxylic acids is 1. The normalized spacial score (nSPS) is 10.8.